The molecule has 8 heteroatoms. The zero-order chi connectivity index (χ0) is 18.4. The molecule has 0 heterocycles. The molecule has 0 aliphatic rings. The Balaban J connectivity index is 1.89. The van der Waals surface area contributed by atoms with Crippen molar-refractivity contribution in [1.29, 1.82) is 0 Å². The fourth-order valence-corrected chi connectivity index (χ4v) is 2.03. The lowest BCUT2D eigenvalue weighted by atomic mass is 10.1. The molecule has 0 atom stereocenters. The van der Waals surface area contributed by atoms with Gasteiger partial charge in [-0.05, 0) is 42.5 Å². The first-order valence-corrected chi connectivity index (χ1v) is 7.39. The number of esters is 2. The van der Waals surface area contributed by atoms with Crippen molar-refractivity contribution in [2.45, 2.75) is 0 Å². The Morgan fingerprint density at radius 2 is 1.64 bits per heavy atom. The van der Waals surface area contributed by atoms with Crippen LogP contribution in [-0.2, 0) is 14.3 Å². The Hall–Kier alpha value is -2.93. The van der Waals surface area contributed by atoms with Gasteiger partial charge in [0.25, 0.3) is 5.91 Å². The van der Waals surface area contributed by atoms with E-state index in [1.807, 2.05) is 0 Å². The van der Waals surface area contributed by atoms with Gasteiger partial charge in [0.2, 0.25) is 0 Å². The minimum Gasteiger partial charge on any atom is -0.465 e. The van der Waals surface area contributed by atoms with Crippen LogP contribution in [0.15, 0.2) is 42.5 Å². The van der Waals surface area contributed by atoms with Crippen LogP contribution in [0, 0.1) is 5.82 Å². The van der Waals surface area contributed by atoms with Crippen molar-refractivity contribution in [1.82, 2.24) is 0 Å². The number of halogens is 2. The number of methoxy groups -OCH3 is 1. The third-order valence-corrected chi connectivity index (χ3v) is 3.37. The van der Waals surface area contributed by atoms with Gasteiger partial charge in [-0.2, -0.15) is 0 Å². The number of carbonyl (C=O) groups is 3. The van der Waals surface area contributed by atoms with E-state index in [1.165, 1.54) is 43.5 Å². The number of benzene rings is 2. The molecule has 0 aliphatic heterocycles. The molecule has 1 N–H and O–H groups in total. The van der Waals surface area contributed by atoms with E-state index in [4.69, 9.17) is 16.3 Å². The number of hydrogen-bond donors (Lipinski definition) is 1. The Bertz CT molecular complexity index is 807. The highest BCUT2D eigenvalue weighted by Gasteiger charge is 2.12. The lowest BCUT2D eigenvalue weighted by Gasteiger charge is -2.07. The molecule has 6 nitrogen and oxygen atoms in total. The van der Waals surface area contributed by atoms with Crippen molar-refractivity contribution in [3.8, 4) is 0 Å². The Labute approximate surface area is 147 Å². The molecule has 0 saturated heterocycles. The molecule has 0 unspecified atom stereocenters. The number of nitrogens with one attached hydrogen (secondary N) is 1. The van der Waals surface area contributed by atoms with Crippen molar-refractivity contribution in [3.63, 3.8) is 0 Å². The maximum absolute atomic E-state index is 13.0. The number of amides is 1. The summed E-state index contributed by atoms with van der Waals surface area (Å²) < 4.78 is 22.5. The highest BCUT2D eigenvalue weighted by atomic mass is 35.5. The molecule has 0 fully saturated rings. The molecule has 2 aromatic carbocycles. The first-order chi connectivity index (χ1) is 11.9. The summed E-state index contributed by atoms with van der Waals surface area (Å²) in [7, 11) is 1.25. The van der Waals surface area contributed by atoms with Gasteiger partial charge in [-0.15, -0.1) is 0 Å². The van der Waals surface area contributed by atoms with Gasteiger partial charge < -0.3 is 14.8 Å². The summed E-state index contributed by atoms with van der Waals surface area (Å²) in [6.45, 7) is -0.535. The molecule has 0 bridgehead atoms. The topological polar surface area (TPSA) is 81.7 Å². The van der Waals surface area contributed by atoms with Crippen LogP contribution in [-0.4, -0.2) is 31.6 Å². The Morgan fingerprint density at radius 3 is 2.20 bits per heavy atom. The number of anilines is 1. The van der Waals surface area contributed by atoms with Crippen LogP contribution in [0.1, 0.15) is 20.7 Å². The highest BCUT2D eigenvalue weighted by molar-refractivity contribution is 6.31. The van der Waals surface area contributed by atoms with Gasteiger partial charge in [-0.25, -0.2) is 14.0 Å². The second-order valence-corrected chi connectivity index (χ2v) is 5.23. The molecule has 2 rings (SSSR count). The molecular weight excluding hydrogens is 353 g/mol. The van der Waals surface area contributed by atoms with E-state index in [9.17, 15) is 18.8 Å². The summed E-state index contributed by atoms with van der Waals surface area (Å²) in [4.78, 5) is 34.9. The molecule has 0 spiro atoms. The predicted octanol–water partition coefficient (Wildman–Crippen LogP) is 3.06. The fourth-order valence-electron chi connectivity index (χ4n) is 1.85. The normalized spacial score (nSPS) is 10.0. The zero-order valence-electron chi connectivity index (χ0n) is 13.0. The van der Waals surface area contributed by atoms with Gasteiger partial charge in [0.05, 0.1) is 23.3 Å². The van der Waals surface area contributed by atoms with Gasteiger partial charge in [-0.3, -0.25) is 4.79 Å². The molecule has 0 saturated carbocycles. The molecule has 25 heavy (non-hydrogen) atoms. The molecule has 0 aliphatic carbocycles. The summed E-state index contributed by atoms with van der Waals surface area (Å²) in [6.07, 6.45) is 0. The van der Waals surface area contributed by atoms with Crippen molar-refractivity contribution < 1.29 is 28.2 Å². The molecule has 0 radical (unpaired) electrons. The summed E-state index contributed by atoms with van der Waals surface area (Å²) >= 11 is 5.61. The summed E-state index contributed by atoms with van der Waals surface area (Å²) in [6, 6.07) is 9.24. The third kappa shape index (κ3) is 5.02. The van der Waals surface area contributed by atoms with E-state index >= 15 is 0 Å². The molecule has 0 aromatic heterocycles. The van der Waals surface area contributed by atoms with Crippen molar-refractivity contribution in [2.24, 2.45) is 0 Å². The predicted molar refractivity (Wildman–Crippen MR) is 88.1 cm³/mol. The van der Waals surface area contributed by atoms with Gasteiger partial charge in [0, 0.05) is 5.69 Å². The van der Waals surface area contributed by atoms with E-state index in [-0.39, 0.29) is 21.8 Å². The first kappa shape index (κ1) is 18.4. The van der Waals surface area contributed by atoms with Crippen LogP contribution in [0.5, 0.6) is 0 Å². The SMILES string of the molecule is COC(=O)c1ccc(C(=O)OCC(=O)Nc2ccc(F)c(Cl)c2)cc1. The van der Waals surface area contributed by atoms with Gasteiger partial charge in [-0.1, -0.05) is 11.6 Å². The molecular formula is C17H13ClFNO5. The summed E-state index contributed by atoms with van der Waals surface area (Å²) in [5.41, 5.74) is 0.727. The van der Waals surface area contributed by atoms with Crippen molar-refractivity contribution >= 4 is 35.1 Å². The number of rotatable bonds is 5. The second kappa shape index (κ2) is 8.25. The van der Waals surface area contributed by atoms with E-state index in [1.54, 1.807) is 0 Å². The number of ether oxygens (including phenoxy) is 2. The lowest BCUT2D eigenvalue weighted by molar-refractivity contribution is -0.119. The third-order valence-electron chi connectivity index (χ3n) is 3.08. The standard InChI is InChI=1S/C17H13ClFNO5/c1-24-16(22)10-2-4-11(5-3-10)17(23)25-9-15(21)20-12-6-7-14(19)13(18)8-12/h2-8H,9H2,1H3,(H,20,21). The van der Waals surface area contributed by atoms with Crippen LogP contribution >= 0.6 is 11.6 Å². The average Bonchev–Trinajstić information content (AvgIpc) is 2.62. The van der Waals surface area contributed by atoms with Gasteiger partial charge >= 0.3 is 11.9 Å². The lowest BCUT2D eigenvalue weighted by Crippen LogP contribution is -2.21. The van der Waals surface area contributed by atoms with Gasteiger partial charge in [0.1, 0.15) is 5.82 Å². The fraction of sp³-hybridized carbons (Fsp3) is 0.118. The summed E-state index contributed by atoms with van der Waals surface area (Å²) in [5, 5.41) is 2.28. The van der Waals surface area contributed by atoms with Crippen LogP contribution in [0.4, 0.5) is 10.1 Å². The highest BCUT2D eigenvalue weighted by Crippen LogP contribution is 2.19. The van der Waals surface area contributed by atoms with Crippen LogP contribution in [0.2, 0.25) is 5.02 Å². The minimum absolute atomic E-state index is 0.138. The Morgan fingerprint density at radius 1 is 1.04 bits per heavy atom. The zero-order valence-corrected chi connectivity index (χ0v) is 13.8. The quantitative estimate of drug-likeness (QED) is 0.823. The largest absolute Gasteiger partial charge is 0.465 e. The van der Waals surface area contributed by atoms with E-state index < -0.39 is 30.3 Å². The average molecular weight is 366 g/mol. The Kier molecular flexibility index (Phi) is 6.08. The minimum atomic E-state index is -0.733. The monoisotopic (exact) mass is 365 g/mol. The van der Waals surface area contributed by atoms with Crippen LogP contribution in [0.25, 0.3) is 0 Å². The van der Waals surface area contributed by atoms with Crippen molar-refractivity contribution in [3.05, 3.63) is 64.4 Å². The maximum atomic E-state index is 13.0. The number of hydrogen-bond acceptors (Lipinski definition) is 5. The maximum Gasteiger partial charge on any atom is 0.338 e. The molecule has 1 amide bonds. The van der Waals surface area contributed by atoms with Crippen molar-refractivity contribution in [2.75, 3.05) is 19.0 Å². The first-order valence-electron chi connectivity index (χ1n) is 7.01. The van der Waals surface area contributed by atoms with E-state index in [2.05, 4.69) is 10.1 Å². The smallest absolute Gasteiger partial charge is 0.338 e. The molecule has 2 aromatic rings. The van der Waals surface area contributed by atoms with Crippen LogP contribution < -0.4 is 5.32 Å². The van der Waals surface area contributed by atoms with Gasteiger partial charge in [0.15, 0.2) is 6.61 Å². The number of carbonyl (C=O) groups excluding carboxylic acids is 3. The van der Waals surface area contributed by atoms with E-state index in [0.29, 0.717) is 0 Å². The van der Waals surface area contributed by atoms with E-state index in [0.717, 1.165) is 6.07 Å². The van der Waals surface area contributed by atoms with Crippen LogP contribution in [0.3, 0.4) is 0 Å². The second-order valence-electron chi connectivity index (χ2n) is 4.82. The summed E-state index contributed by atoms with van der Waals surface area (Å²) in [5.74, 6) is -2.48. The molecule has 130 valence electrons.